The fourth-order valence-corrected chi connectivity index (χ4v) is 7.21. The summed E-state index contributed by atoms with van der Waals surface area (Å²) in [5, 5.41) is 0. The Morgan fingerprint density at radius 1 is 0.296 bits per heavy atom. The van der Waals surface area contributed by atoms with Crippen LogP contribution in [0.4, 0.5) is 0 Å². The molecule has 0 amide bonds. The van der Waals surface area contributed by atoms with Crippen LogP contribution in [0.5, 0.6) is 0 Å². The van der Waals surface area contributed by atoms with E-state index in [4.69, 9.17) is 14.2 Å². The summed E-state index contributed by atoms with van der Waals surface area (Å²) in [6.07, 6.45) is 45.1. The number of rotatable bonds is 44. The van der Waals surface area contributed by atoms with Crippen molar-refractivity contribution < 1.29 is 28.6 Å². The van der Waals surface area contributed by atoms with Crippen LogP contribution in [0, 0.1) is 0 Å². The van der Waals surface area contributed by atoms with Crippen molar-refractivity contribution in [1.82, 2.24) is 0 Å². The summed E-state index contributed by atoms with van der Waals surface area (Å²) in [6, 6.07) is 0. The lowest BCUT2D eigenvalue weighted by Crippen LogP contribution is -2.30. The first-order chi connectivity index (χ1) is 26.5. The van der Waals surface area contributed by atoms with Gasteiger partial charge in [-0.2, -0.15) is 0 Å². The molecule has 0 bridgehead atoms. The standard InChI is InChI=1S/C48H92O6/c1-4-7-10-13-16-19-22-23-24-25-26-27-30-32-35-38-41-47(50)53-44-45(54-48(51)42-39-36-33-29-21-18-15-12-9-6-3)43-52-46(49)40-37-34-31-28-20-17-14-11-8-5-2/h45H,4-44H2,1-3H3/t45-/m1/s1. The molecule has 0 aliphatic carbocycles. The Bertz CT molecular complexity index is 798. The molecule has 54 heavy (non-hydrogen) atoms. The van der Waals surface area contributed by atoms with Crippen LogP contribution in [0.1, 0.15) is 271 Å². The molecule has 1 atom stereocenters. The second-order valence-corrected chi connectivity index (χ2v) is 16.4. The Balaban J connectivity index is 4.25. The Morgan fingerprint density at radius 3 is 0.741 bits per heavy atom. The summed E-state index contributed by atoms with van der Waals surface area (Å²) < 4.78 is 16.7. The van der Waals surface area contributed by atoms with Crippen molar-refractivity contribution in [2.24, 2.45) is 0 Å². The van der Waals surface area contributed by atoms with Gasteiger partial charge in [-0.05, 0) is 19.3 Å². The average molecular weight is 765 g/mol. The summed E-state index contributed by atoms with van der Waals surface area (Å²) in [4.78, 5) is 37.7. The monoisotopic (exact) mass is 765 g/mol. The van der Waals surface area contributed by atoms with Crippen molar-refractivity contribution in [3.63, 3.8) is 0 Å². The van der Waals surface area contributed by atoms with Gasteiger partial charge in [-0.3, -0.25) is 14.4 Å². The van der Waals surface area contributed by atoms with Gasteiger partial charge in [0, 0.05) is 19.3 Å². The molecule has 0 aromatic carbocycles. The van der Waals surface area contributed by atoms with Crippen molar-refractivity contribution in [1.29, 1.82) is 0 Å². The molecular formula is C48H92O6. The molecule has 0 aromatic rings. The van der Waals surface area contributed by atoms with Crippen LogP contribution in [-0.2, 0) is 28.6 Å². The highest BCUT2D eigenvalue weighted by Crippen LogP contribution is 2.16. The second-order valence-electron chi connectivity index (χ2n) is 16.4. The smallest absolute Gasteiger partial charge is 0.306 e. The fourth-order valence-electron chi connectivity index (χ4n) is 7.21. The summed E-state index contributed by atoms with van der Waals surface area (Å²) in [5.41, 5.74) is 0. The number of ether oxygens (including phenoxy) is 3. The van der Waals surface area contributed by atoms with E-state index in [1.165, 1.54) is 173 Å². The zero-order valence-corrected chi connectivity index (χ0v) is 36.5. The summed E-state index contributed by atoms with van der Waals surface area (Å²) >= 11 is 0. The molecule has 0 aliphatic rings. The van der Waals surface area contributed by atoms with Gasteiger partial charge < -0.3 is 14.2 Å². The van der Waals surface area contributed by atoms with Crippen LogP contribution in [0.3, 0.4) is 0 Å². The van der Waals surface area contributed by atoms with Gasteiger partial charge in [0.1, 0.15) is 13.2 Å². The van der Waals surface area contributed by atoms with Crippen LogP contribution < -0.4 is 0 Å². The molecule has 320 valence electrons. The number of carbonyl (C=O) groups is 3. The van der Waals surface area contributed by atoms with Gasteiger partial charge in [0.25, 0.3) is 0 Å². The summed E-state index contributed by atoms with van der Waals surface area (Å²) in [6.45, 7) is 6.64. The molecular weight excluding hydrogens is 673 g/mol. The minimum atomic E-state index is -0.757. The Kier molecular flexibility index (Phi) is 42.8. The number of carbonyl (C=O) groups excluding carboxylic acids is 3. The maximum absolute atomic E-state index is 12.7. The zero-order valence-electron chi connectivity index (χ0n) is 36.5. The highest BCUT2D eigenvalue weighted by atomic mass is 16.6. The Hall–Kier alpha value is -1.59. The molecule has 0 fully saturated rings. The minimum Gasteiger partial charge on any atom is -0.462 e. The molecule has 0 saturated heterocycles. The van der Waals surface area contributed by atoms with Crippen molar-refractivity contribution in [3.05, 3.63) is 0 Å². The predicted molar refractivity (Wildman–Crippen MR) is 229 cm³/mol. The van der Waals surface area contributed by atoms with E-state index in [1.807, 2.05) is 0 Å². The lowest BCUT2D eigenvalue weighted by molar-refractivity contribution is -0.167. The third-order valence-electron chi connectivity index (χ3n) is 10.9. The van der Waals surface area contributed by atoms with Gasteiger partial charge in [-0.15, -0.1) is 0 Å². The highest BCUT2D eigenvalue weighted by Gasteiger charge is 2.19. The second kappa shape index (κ2) is 44.1. The molecule has 0 aromatic heterocycles. The lowest BCUT2D eigenvalue weighted by Gasteiger charge is -2.18. The Labute approximate surface area is 336 Å². The van der Waals surface area contributed by atoms with Crippen LogP contribution >= 0.6 is 0 Å². The fraction of sp³-hybridized carbons (Fsp3) is 0.938. The quantitative estimate of drug-likeness (QED) is 0.0349. The van der Waals surface area contributed by atoms with Gasteiger partial charge in [0.05, 0.1) is 0 Å². The lowest BCUT2D eigenvalue weighted by atomic mass is 10.0. The molecule has 0 radical (unpaired) electrons. The predicted octanol–water partition coefficient (Wildman–Crippen LogP) is 15.3. The summed E-state index contributed by atoms with van der Waals surface area (Å²) in [5.74, 6) is -0.850. The minimum absolute atomic E-state index is 0.0625. The SMILES string of the molecule is CCCCCCCCCCCCCCCCCCC(=O)OC[C@@H](COC(=O)CCCCCCCCCCCC)OC(=O)CCCCCCCCCCCC. The molecule has 0 unspecified atom stereocenters. The maximum Gasteiger partial charge on any atom is 0.306 e. The van der Waals surface area contributed by atoms with Crippen molar-refractivity contribution in [3.8, 4) is 0 Å². The first kappa shape index (κ1) is 52.4. The van der Waals surface area contributed by atoms with Crippen LogP contribution in [0.15, 0.2) is 0 Å². The largest absolute Gasteiger partial charge is 0.462 e. The number of esters is 3. The maximum atomic E-state index is 12.7. The van der Waals surface area contributed by atoms with Gasteiger partial charge in [0.2, 0.25) is 0 Å². The van der Waals surface area contributed by atoms with Gasteiger partial charge >= 0.3 is 17.9 Å². The van der Waals surface area contributed by atoms with Gasteiger partial charge in [0.15, 0.2) is 6.10 Å². The normalized spacial score (nSPS) is 11.8. The van der Waals surface area contributed by atoms with Crippen molar-refractivity contribution in [2.45, 2.75) is 277 Å². The molecule has 0 spiro atoms. The molecule has 0 heterocycles. The van der Waals surface area contributed by atoms with Crippen molar-refractivity contribution >= 4 is 17.9 Å². The van der Waals surface area contributed by atoms with E-state index in [1.54, 1.807) is 0 Å². The van der Waals surface area contributed by atoms with E-state index < -0.39 is 6.10 Å². The first-order valence-electron chi connectivity index (χ1n) is 24.0. The van der Waals surface area contributed by atoms with E-state index in [0.717, 1.165) is 57.8 Å². The average Bonchev–Trinajstić information content (AvgIpc) is 3.17. The van der Waals surface area contributed by atoms with E-state index in [9.17, 15) is 14.4 Å². The van der Waals surface area contributed by atoms with E-state index >= 15 is 0 Å². The molecule has 0 N–H and O–H groups in total. The van der Waals surface area contributed by atoms with Gasteiger partial charge in [-0.25, -0.2) is 0 Å². The summed E-state index contributed by atoms with van der Waals surface area (Å²) in [7, 11) is 0. The first-order valence-corrected chi connectivity index (χ1v) is 24.0. The number of unbranched alkanes of at least 4 members (excludes halogenated alkanes) is 33. The zero-order chi connectivity index (χ0) is 39.4. The molecule has 0 aliphatic heterocycles. The van der Waals surface area contributed by atoms with E-state index in [-0.39, 0.29) is 31.1 Å². The van der Waals surface area contributed by atoms with E-state index in [0.29, 0.717) is 19.3 Å². The molecule has 0 saturated carbocycles. The molecule has 6 nitrogen and oxygen atoms in total. The molecule has 0 rings (SSSR count). The van der Waals surface area contributed by atoms with Crippen molar-refractivity contribution in [2.75, 3.05) is 13.2 Å². The molecule has 6 heteroatoms. The van der Waals surface area contributed by atoms with Crippen LogP contribution in [0.25, 0.3) is 0 Å². The van der Waals surface area contributed by atoms with E-state index in [2.05, 4.69) is 20.8 Å². The highest BCUT2D eigenvalue weighted by molar-refractivity contribution is 5.71. The third kappa shape index (κ3) is 41.6. The van der Waals surface area contributed by atoms with Crippen LogP contribution in [0.2, 0.25) is 0 Å². The third-order valence-corrected chi connectivity index (χ3v) is 10.9. The Morgan fingerprint density at radius 2 is 0.500 bits per heavy atom. The van der Waals surface area contributed by atoms with Crippen LogP contribution in [-0.4, -0.2) is 37.2 Å². The number of hydrogen-bond acceptors (Lipinski definition) is 6. The number of hydrogen-bond donors (Lipinski definition) is 0. The van der Waals surface area contributed by atoms with Gasteiger partial charge in [-0.1, -0.05) is 233 Å². The topological polar surface area (TPSA) is 78.9 Å².